The molecular formula is C50H63FN6O4. The van der Waals surface area contributed by atoms with Crippen LogP contribution in [0.15, 0.2) is 60.7 Å². The summed E-state index contributed by atoms with van der Waals surface area (Å²) in [5.41, 5.74) is 6.06. The number of halogens is 1. The molecule has 0 aromatic heterocycles. The van der Waals surface area contributed by atoms with Crippen molar-refractivity contribution in [2.45, 2.75) is 140 Å². The number of rotatable bonds is 4. The van der Waals surface area contributed by atoms with Crippen molar-refractivity contribution in [3.63, 3.8) is 0 Å². The van der Waals surface area contributed by atoms with Crippen molar-refractivity contribution in [1.82, 2.24) is 15.1 Å². The number of carbonyl (C=O) groups is 4. The fourth-order valence-electron chi connectivity index (χ4n) is 11.8. The lowest BCUT2D eigenvalue weighted by molar-refractivity contribution is 0.0385. The zero-order valence-corrected chi connectivity index (χ0v) is 35.7. The van der Waals surface area contributed by atoms with Gasteiger partial charge in [-0.1, -0.05) is 44.9 Å². The summed E-state index contributed by atoms with van der Waals surface area (Å²) in [6.45, 7) is 3.02. The molecule has 0 bridgehead atoms. The van der Waals surface area contributed by atoms with E-state index in [1.807, 2.05) is 35.2 Å². The summed E-state index contributed by atoms with van der Waals surface area (Å²) in [5.74, 6) is 1.35. The van der Waals surface area contributed by atoms with E-state index in [2.05, 4.69) is 26.5 Å². The third kappa shape index (κ3) is 9.03. The summed E-state index contributed by atoms with van der Waals surface area (Å²) >= 11 is 0. The van der Waals surface area contributed by atoms with Gasteiger partial charge in [0.15, 0.2) is 0 Å². The summed E-state index contributed by atoms with van der Waals surface area (Å²) in [4.78, 5) is 60.1. The molecule has 3 aromatic carbocycles. The van der Waals surface area contributed by atoms with E-state index in [1.54, 1.807) is 17.0 Å². The van der Waals surface area contributed by atoms with E-state index in [9.17, 15) is 23.6 Å². The van der Waals surface area contributed by atoms with Crippen molar-refractivity contribution in [3.05, 3.63) is 88.7 Å². The molecule has 3 saturated carbocycles. The maximum absolute atomic E-state index is 13.4. The topological polar surface area (TPSA) is 105 Å². The second-order valence-corrected chi connectivity index (χ2v) is 18.7. The molecule has 11 heteroatoms. The van der Waals surface area contributed by atoms with E-state index in [0.29, 0.717) is 48.7 Å². The molecule has 4 aliphatic heterocycles. The Morgan fingerprint density at radius 1 is 0.508 bits per heavy atom. The van der Waals surface area contributed by atoms with Crippen LogP contribution in [0.4, 0.5) is 31.0 Å². The number of fused-ring (bicyclic) bond motifs is 4. The SMILES string of the molecule is O=C(NC1CCCCC1)N1CCc2cc(C(=O)N3CCC[C@H]4CCCC[C@H]43)ccc21.O=C(Nc1ccc(F)cc1)N1CCc2cc(C(=O)N3CCC[C@H]4CCCC[C@H]43)ccc21. The van der Waals surface area contributed by atoms with Gasteiger partial charge in [-0.3, -0.25) is 19.4 Å². The molecule has 7 aliphatic rings. The lowest BCUT2D eigenvalue weighted by Gasteiger charge is -2.44. The smallest absolute Gasteiger partial charge is 0.326 e. The van der Waals surface area contributed by atoms with Crippen LogP contribution in [0.5, 0.6) is 0 Å². The molecular weight excluding hydrogens is 768 g/mol. The highest BCUT2D eigenvalue weighted by atomic mass is 19.1. The van der Waals surface area contributed by atoms with Crippen LogP contribution >= 0.6 is 0 Å². The second-order valence-electron chi connectivity index (χ2n) is 18.7. The Bertz CT molecular complexity index is 2080. The van der Waals surface area contributed by atoms with Gasteiger partial charge in [0, 0.05) is 72.5 Å². The molecule has 0 spiro atoms. The third-order valence-corrected chi connectivity index (χ3v) is 15.0. The highest BCUT2D eigenvalue weighted by Gasteiger charge is 2.38. The number of anilines is 3. The van der Waals surface area contributed by atoms with E-state index in [0.717, 1.165) is 98.1 Å². The Balaban J connectivity index is 0.000000156. The number of urea groups is 2. The average molecular weight is 831 g/mol. The minimum Gasteiger partial charge on any atom is -0.335 e. The van der Waals surface area contributed by atoms with E-state index in [4.69, 9.17) is 0 Å². The quantitative estimate of drug-likeness (QED) is 0.273. The highest BCUT2D eigenvalue weighted by molar-refractivity contribution is 6.04. The molecule has 3 aromatic rings. The molecule has 61 heavy (non-hydrogen) atoms. The maximum atomic E-state index is 13.4. The zero-order valence-electron chi connectivity index (χ0n) is 35.7. The molecule has 0 unspecified atom stereocenters. The first-order valence-corrected chi connectivity index (χ1v) is 23.6. The number of hydrogen-bond donors (Lipinski definition) is 2. The predicted molar refractivity (Wildman–Crippen MR) is 238 cm³/mol. The van der Waals surface area contributed by atoms with Crippen LogP contribution in [0.3, 0.4) is 0 Å². The van der Waals surface area contributed by atoms with Gasteiger partial charge in [0.2, 0.25) is 0 Å². The van der Waals surface area contributed by atoms with Crippen LogP contribution in [0.1, 0.15) is 141 Å². The molecule has 0 radical (unpaired) electrons. The first kappa shape index (κ1) is 41.4. The molecule has 10 rings (SSSR count). The number of carbonyl (C=O) groups excluding carboxylic acids is 4. The van der Waals surface area contributed by atoms with Crippen LogP contribution in [0.25, 0.3) is 0 Å². The van der Waals surface area contributed by atoms with E-state index < -0.39 is 0 Å². The van der Waals surface area contributed by atoms with E-state index in [1.165, 1.54) is 82.8 Å². The minimum absolute atomic E-state index is 0.0285. The highest BCUT2D eigenvalue weighted by Crippen LogP contribution is 2.39. The summed E-state index contributed by atoms with van der Waals surface area (Å²) in [6, 6.07) is 18.4. The van der Waals surface area contributed by atoms with Crippen molar-refractivity contribution in [2.75, 3.05) is 41.3 Å². The fourth-order valence-corrected chi connectivity index (χ4v) is 11.8. The third-order valence-electron chi connectivity index (χ3n) is 15.0. The number of nitrogens with one attached hydrogen (secondary N) is 2. The standard InChI is InChI=1S/C25H28FN3O2.C25H35N3O2/c26-20-8-10-21(11-9-20)27-25(31)29-15-13-18-16-19(7-12-23(18)29)24(30)28-14-3-5-17-4-1-2-6-22(17)28;29-24(27-15-6-8-18-7-4-5-11-22(18)27)20-12-13-23-19(17-20)14-16-28(23)25(30)26-21-9-2-1-3-10-21/h7-12,16-17,22H,1-6,13-15H2,(H,27,31);12-13,17-18,21-22H,1-11,14-16H2,(H,26,30)/t17-,22-;18-,22-/m11/s1. The van der Waals surface area contributed by atoms with Crippen LogP contribution < -0.4 is 20.4 Å². The first-order chi connectivity index (χ1) is 29.8. The molecule has 324 valence electrons. The fraction of sp³-hybridized carbons (Fsp3) is 0.560. The van der Waals surface area contributed by atoms with Gasteiger partial charge in [-0.2, -0.15) is 0 Å². The predicted octanol–water partition coefficient (Wildman–Crippen LogP) is 10.1. The van der Waals surface area contributed by atoms with Gasteiger partial charge < -0.3 is 20.4 Å². The van der Waals surface area contributed by atoms with Crippen molar-refractivity contribution in [1.29, 1.82) is 0 Å². The lowest BCUT2D eigenvalue weighted by atomic mass is 9.78. The van der Waals surface area contributed by atoms with Gasteiger partial charge in [0.1, 0.15) is 5.82 Å². The largest absolute Gasteiger partial charge is 0.335 e. The number of nitrogens with zero attached hydrogens (tertiary/aromatic N) is 4. The molecule has 4 heterocycles. The normalized spacial score (nSPS) is 24.7. The average Bonchev–Trinajstić information content (AvgIpc) is 3.94. The van der Waals surface area contributed by atoms with Gasteiger partial charge in [-0.05, 0) is 161 Å². The van der Waals surface area contributed by atoms with E-state index >= 15 is 0 Å². The molecule has 10 nitrogen and oxygen atoms in total. The number of benzene rings is 3. The first-order valence-electron chi connectivity index (χ1n) is 23.6. The van der Waals surface area contributed by atoms with Gasteiger partial charge in [-0.25, -0.2) is 14.0 Å². The summed E-state index contributed by atoms with van der Waals surface area (Å²) in [6.07, 6.45) is 22.1. The maximum Gasteiger partial charge on any atom is 0.326 e. The molecule has 2 saturated heterocycles. The number of amides is 6. The number of likely N-dealkylation sites (tertiary alicyclic amines) is 2. The van der Waals surface area contributed by atoms with Crippen LogP contribution in [-0.2, 0) is 12.8 Å². The molecule has 6 amide bonds. The van der Waals surface area contributed by atoms with Crippen LogP contribution in [0.2, 0.25) is 0 Å². The Morgan fingerprint density at radius 3 is 1.52 bits per heavy atom. The lowest BCUT2D eigenvalue weighted by Crippen LogP contribution is -2.49. The molecule has 3 aliphatic carbocycles. The Kier molecular flexibility index (Phi) is 12.6. The molecule has 5 fully saturated rings. The molecule has 4 atom stereocenters. The Hall–Kier alpha value is -4.93. The van der Waals surface area contributed by atoms with E-state index in [-0.39, 0.29) is 29.7 Å². The number of hydrogen-bond acceptors (Lipinski definition) is 4. The summed E-state index contributed by atoms with van der Waals surface area (Å²) < 4.78 is 13.1. The second kappa shape index (κ2) is 18.6. The van der Waals surface area contributed by atoms with Crippen LogP contribution in [0, 0.1) is 17.7 Å². The summed E-state index contributed by atoms with van der Waals surface area (Å²) in [5, 5.41) is 6.05. The van der Waals surface area contributed by atoms with Crippen molar-refractivity contribution >= 4 is 40.9 Å². The minimum atomic E-state index is -0.338. The van der Waals surface area contributed by atoms with Gasteiger partial charge in [0.25, 0.3) is 11.8 Å². The van der Waals surface area contributed by atoms with Crippen molar-refractivity contribution in [3.8, 4) is 0 Å². The summed E-state index contributed by atoms with van der Waals surface area (Å²) in [7, 11) is 0. The molecule has 2 N–H and O–H groups in total. The van der Waals surface area contributed by atoms with Gasteiger partial charge in [-0.15, -0.1) is 0 Å². The van der Waals surface area contributed by atoms with Crippen LogP contribution in [-0.4, -0.2) is 78.0 Å². The number of piperidine rings is 2. The zero-order chi connectivity index (χ0) is 41.9. The monoisotopic (exact) mass is 830 g/mol. The Labute approximate surface area is 360 Å². The van der Waals surface area contributed by atoms with Crippen molar-refractivity contribution in [2.24, 2.45) is 11.8 Å². The van der Waals surface area contributed by atoms with Gasteiger partial charge >= 0.3 is 12.1 Å². The van der Waals surface area contributed by atoms with Crippen molar-refractivity contribution < 1.29 is 23.6 Å². The van der Waals surface area contributed by atoms with Gasteiger partial charge in [0.05, 0.1) is 0 Å². The Morgan fingerprint density at radius 2 is 0.984 bits per heavy atom.